The van der Waals surface area contributed by atoms with E-state index in [-0.39, 0.29) is 29.5 Å². The summed E-state index contributed by atoms with van der Waals surface area (Å²) in [7, 11) is 0. The van der Waals surface area contributed by atoms with Crippen LogP contribution in [0.3, 0.4) is 0 Å². The second-order valence-electron chi connectivity index (χ2n) is 5.64. The average molecular weight is 382 g/mol. The molecule has 1 aliphatic rings. The minimum atomic E-state index is -0.544. The van der Waals surface area contributed by atoms with Gasteiger partial charge in [0.2, 0.25) is 5.90 Å². The van der Waals surface area contributed by atoms with Crippen LogP contribution < -0.4 is 5.01 Å². The molecule has 28 heavy (non-hydrogen) atoms. The number of nitro benzene ring substituents is 2. The van der Waals surface area contributed by atoms with Crippen molar-refractivity contribution in [1.82, 2.24) is 0 Å². The summed E-state index contributed by atoms with van der Waals surface area (Å²) in [6.45, 7) is 1.99. The van der Waals surface area contributed by atoms with Crippen molar-refractivity contribution in [3.63, 3.8) is 0 Å². The van der Waals surface area contributed by atoms with E-state index in [2.05, 4.69) is 5.10 Å². The van der Waals surface area contributed by atoms with Crippen molar-refractivity contribution in [2.45, 2.75) is 6.92 Å². The van der Waals surface area contributed by atoms with Gasteiger partial charge in [-0.15, -0.1) is 5.10 Å². The lowest BCUT2D eigenvalue weighted by atomic mass is 10.1. The Bertz CT molecular complexity index is 1010. The molecule has 1 heterocycles. The highest BCUT2D eigenvalue weighted by molar-refractivity contribution is 6.30. The van der Waals surface area contributed by atoms with Crippen molar-refractivity contribution >= 4 is 34.9 Å². The van der Waals surface area contributed by atoms with Crippen LogP contribution in [0.25, 0.3) is 6.08 Å². The second-order valence-corrected chi connectivity index (χ2v) is 5.64. The van der Waals surface area contributed by atoms with Gasteiger partial charge in [0.25, 0.3) is 17.3 Å². The number of ether oxygens (including phenoxy) is 1. The van der Waals surface area contributed by atoms with Gasteiger partial charge in [-0.3, -0.25) is 25.0 Å². The Kier molecular flexibility index (Phi) is 5.12. The summed E-state index contributed by atoms with van der Waals surface area (Å²) in [5.74, 6) is -0.443. The Morgan fingerprint density at radius 3 is 2.36 bits per heavy atom. The lowest BCUT2D eigenvalue weighted by Crippen LogP contribution is -2.21. The monoisotopic (exact) mass is 382 g/mol. The van der Waals surface area contributed by atoms with Crippen LogP contribution in [0, 0.1) is 20.2 Å². The van der Waals surface area contributed by atoms with Crippen molar-refractivity contribution in [1.29, 1.82) is 0 Å². The zero-order valence-corrected chi connectivity index (χ0v) is 14.6. The molecule has 0 atom stereocenters. The molecule has 0 radical (unpaired) electrons. The van der Waals surface area contributed by atoms with E-state index in [0.29, 0.717) is 11.3 Å². The van der Waals surface area contributed by atoms with Gasteiger partial charge in [-0.2, -0.15) is 5.01 Å². The second kappa shape index (κ2) is 7.66. The van der Waals surface area contributed by atoms with Crippen LogP contribution in [-0.4, -0.2) is 28.3 Å². The molecule has 1 aliphatic heterocycles. The maximum Gasteiger partial charge on any atom is 0.284 e. The van der Waals surface area contributed by atoms with Crippen molar-refractivity contribution in [3.8, 4) is 0 Å². The molecule has 0 N–H and O–H groups in total. The predicted octanol–water partition coefficient (Wildman–Crippen LogP) is 3.28. The van der Waals surface area contributed by atoms with Crippen molar-refractivity contribution in [3.05, 3.63) is 79.9 Å². The molecule has 0 unspecified atom stereocenters. The molecule has 10 nitrogen and oxygen atoms in total. The number of amides is 1. The van der Waals surface area contributed by atoms with Crippen LogP contribution in [0.2, 0.25) is 0 Å². The van der Waals surface area contributed by atoms with Crippen molar-refractivity contribution < 1.29 is 19.4 Å². The molecule has 0 aliphatic carbocycles. The molecule has 0 saturated heterocycles. The molecule has 0 saturated carbocycles. The minimum Gasteiger partial charge on any atom is -0.476 e. The molecule has 142 valence electrons. The molecular formula is C18H14N4O6. The number of nitro groups is 2. The van der Waals surface area contributed by atoms with Crippen molar-refractivity contribution in [2.75, 3.05) is 11.6 Å². The van der Waals surface area contributed by atoms with E-state index in [1.54, 1.807) is 13.0 Å². The summed E-state index contributed by atoms with van der Waals surface area (Å²) < 4.78 is 5.43. The molecule has 0 spiro atoms. The summed E-state index contributed by atoms with van der Waals surface area (Å²) in [4.78, 5) is 33.5. The first-order chi connectivity index (χ1) is 13.4. The van der Waals surface area contributed by atoms with Gasteiger partial charge in [-0.1, -0.05) is 12.1 Å². The maximum atomic E-state index is 12.8. The van der Waals surface area contributed by atoms with Gasteiger partial charge >= 0.3 is 0 Å². The third kappa shape index (κ3) is 3.70. The molecule has 10 heteroatoms. The Morgan fingerprint density at radius 2 is 1.75 bits per heavy atom. The first-order valence-corrected chi connectivity index (χ1v) is 8.17. The number of carbonyl (C=O) groups is 1. The third-order valence-electron chi connectivity index (χ3n) is 3.82. The lowest BCUT2D eigenvalue weighted by Gasteiger charge is -2.10. The Labute approximate surface area is 158 Å². The molecular weight excluding hydrogens is 368 g/mol. The largest absolute Gasteiger partial charge is 0.476 e. The van der Waals surface area contributed by atoms with Crippen molar-refractivity contribution in [2.24, 2.45) is 5.10 Å². The fourth-order valence-electron chi connectivity index (χ4n) is 2.55. The molecule has 2 aromatic rings. The third-order valence-corrected chi connectivity index (χ3v) is 3.82. The van der Waals surface area contributed by atoms with Crippen LogP contribution in [0.4, 0.5) is 17.1 Å². The minimum absolute atomic E-state index is 0.0670. The molecule has 0 aromatic heterocycles. The normalized spacial score (nSPS) is 14.9. The maximum absolute atomic E-state index is 12.8. The molecule has 2 aromatic carbocycles. The first-order valence-electron chi connectivity index (χ1n) is 8.17. The zero-order valence-electron chi connectivity index (χ0n) is 14.6. The summed E-state index contributed by atoms with van der Waals surface area (Å²) in [6, 6.07) is 11.1. The number of non-ortho nitro benzene ring substituents is 2. The highest BCUT2D eigenvalue weighted by Gasteiger charge is 2.33. The van der Waals surface area contributed by atoms with Gasteiger partial charge in [-0.25, -0.2) is 0 Å². The Balaban J connectivity index is 1.97. The molecule has 0 fully saturated rings. The van der Waals surface area contributed by atoms with Crippen LogP contribution in [-0.2, 0) is 9.53 Å². The van der Waals surface area contributed by atoms with Crippen LogP contribution in [0.5, 0.6) is 0 Å². The number of nitrogens with zero attached hydrogens (tertiary/aromatic N) is 4. The van der Waals surface area contributed by atoms with E-state index in [0.717, 1.165) is 5.01 Å². The quantitative estimate of drug-likeness (QED) is 0.443. The highest BCUT2D eigenvalue weighted by Crippen LogP contribution is 2.27. The number of rotatable bonds is 5. The van der Waals surface area contributed by atoms with Gasteiger partial charge in [-0.05, 0) is 30.7 Å². The van der Waals surface area contributed by atoms with E-state index in [1.807, 2.05) is 0 Å². The Hall–Kier alpha value is -4.08. The van der Waals surface area contributed by atoms with Gasteiger partial charge in [0.05, 0.1) is 22.1 Å². The predicted molar refractivity (Wildman–Crippen MR) is 101 cm³/mol. The fraction of sp³-hybridized carbons (Fsp3) is 0.111. The van der Waals surface area contributed by atoms with E-state index >= 15 is 0 Å². The smallest absolute Gasteiger partial charge is 0.284 e. The van der Waals surface area contributed by atoms with Gasteiger partial charge < -0.3 is 4.74 Å². The average Bonchev–Trinajstić information content (AvgIpc) is 2.98. The lowest BCUT2D eigenvalue weighted by molar-refractivity contribution is -0.385. The van der Waals surface area contributed by atoms with Crippen LogP contribution in [0.1, 0.15) is 12.5 Å². The number of hydrazone groups is 1. The molecule has 1 amide bonds. The first kappa shape index (κ1) is 18.7. The SMILES string of the molecule is CCOC1=NN(c2ccc([N+](=O)[O-])cc2)C(=O)C1=Cc1cccc([N+](=O)[O-])c1. The highest BCUT2D eigenvalue weighted by atomic mass is 16.6. The van der Waals surface area contributed by atoms with E-state index in [9.17, 15) is 25.0 Å². The van der Waals surface area contributed by atoms with Gasteiger partial charge in [0, 0.05) is 24.3 Å². The molecule has 0 bridgehead atoms. The zero-order chi connectivity index (χ0) is 20.3. The van der Waals surface area contributed by atoms with Crippen LogP contribution >= 0.6 is 0 Å². The van der Waals surface area contributed by atoms with E-state index in [4.69, 9.17) is 4.74 Å². The fourth-order valence-corrected chi connectivity index (χ4v) is 2.55. The summed E-state index contributed by atoms with van der Waals surface area (Å²) in [6.07, 6.45) is 1.45. The van der Waals surface area contributed by atoms with Gasteiger partial charge in [0.15, 0.2) is 0 Å². The topological polar surface area (TPSA) is 128 Å². The number of carbonyl (C=O) groups excluding carboxylic acids is 1. The standard InChI is InChI=1S/C18H14N4O6/c1-2-28-17-16(11-12-4-3-5-15(10-12)22(26)27)18(23)20(19-17)13-6-8-14(9-7-13)21(24)25/h3-11H,2H2,1H3. The van der Waals surface area contributed by atoms with E-state index in [1.165, 1.54) is 48.5 Å². The summed E-state index contributed by atoms with van der Waals surface area (Å²) in [5, 5.41) is 26.9. The number of hydrogen-bond acceptors (Lipinski definition) is 7. The summed E-state index contributed by atoms with van der Waals surface area (Å²) >= 11 is 0. The molecule has 3 rings (SSSR count). The number of anilines is 1. The van der Waals surface area contributed by atoms with E-state index < -0.39 is 15.8 Å². The summed E-state index contributed by atoms with van der Waals surface area (Å²) in [5.41, 5.74) is 0.671. The Morgan fingerprint density at radius 1 is 1.07 bits per heavy atom. The number of hydrogen-bond donors (Lipinski definition) is 0. The van der Waals surface area contributed by atoms with Gasteiger partial charge in [0.1, 0.15) is 5.57 Å². The van der Waals surface area contributed by atoms with Crippen LogP contribution in [0.15, 0.2) is 59.2 Å². The number of benzene rings is 2.